The van der Waals surface area contributed by atoms with Gasteiger partial charge in [-0.3, -0.25) is 4.90 Å². The minimum Gasteiger partial charge on any atom is -0.478 e. The van der Waals surface area contributed by atoms with E-state index in [4.69, 9.17) is 9.84 Å². The van der Waals surface area contributed by atoms with Gasteiger partial charge in [-0.25, -0.2) is 4.79 Å². The Balaban J connectivity index is 4.47. The van der Waals surface area contributed by atoms with Crippen LogP contribution in [-0.2, 0) is 9.53 Å². The van der Waals surface area contributed by atoms with Crippen LogP contribution in [0.15, 0.2) is 11.6 Å². The molecule has 0 bridgehead atoms. The highest BCUT2D eigenvalue weighted by Crippen LogP contribution is 2.09. The topological polar surface area (TPSA) is 49.8 Å². The molecule has 0 aromatic rings. The average Bonchev–Trinajstić information content (AvgIpc) is 2.32. The predicted octanol–water partition coefficient (Wildman–Crippen LogP) is 2.15. The van der Waals surface area contributed by atoms with Gasteiger partial charge in [-0.2, -0.15) is 0 Å². The number of carboxylic acid groups (broad SMARTS) is 1. The fraction of sp³-hybridized carbons (Fsp3) is 0.769. The van der Waals surface area contributed by atoms with E-state index in [1.54, 1.807) is 20.1 Å². The second-order valence-electron chi connectivity index (χ2n) is 4.15. The summed E-state index contributed by atoms with van der Waals surface area (Å²) in [5, 5.41) is 8.81. The quantitative estimate of drug-likeness (QED) is 0.630. The van der Waals surface area contributed by atoms with Gasteiger partial charge in [0.25, 0.3) is 0 Å². The fourth-order valence-corrected chi connectivity index (χ4v) is 1.78. The Hall–Kier alpha value is -0.870. The summed E-state index contributed by atoms with van der Waals surface area (Å²) >= 11 is 0. The zero-order valence-corrected chi connectivity index (χ0v) is 11.4. The lowest BCUT2D eigenvalue weighted by molar-refractivity contribution is -0.132. The van der Waals surface area contributed by atoms with E-state index in [0.29, 0.717) is 24.8 Å². The summed E-state index contributed by atoms with van der Waals surface area (Å²) in [6.45, 7) is 8.13. The lowest BCUT2D eigenvalue weighted by Gasteiger charge is -2.29. The molecule has 100 valence electrons. The van der Waals surface area contributed by atoms with Crippen molar-refractivity contribution in [2.45, 2.75) is 39.7 Å². The number of aliphatic carboxylic acids is 1. The van der Waals surface area contributed by atoms with Crippen molar-refractivity contribution in [2.24, 2.45) is 0 Å². The van der Waals surface area contributed by atoms with E-state index in [2.05, 4.69) is 18.7 Å². The highest BCUT2D eigenvalue weighted by Gasteiger charge is 2.13. The summed E-state index contributed by atoms with van der Waals surface area (Å²) in [5.74, 6) is -0.846. The van der Waals surface area contributed by atoms with Crippen molar-refractivity contribution >= 4 is 5.97 Å². The van der Waals surface area contributed by atoms with Crippen LogP contribution in [0.2, 0.25) is 0 Å². The van der Waals surface area contributed by atoms with E-state index in [-0.39, 0.29) is 0 Å². The summed E-state index contributed by atoms with van der Waals surface area (Å²) in [6, 6.07) is 0.489. The minimum atomic E-state index is -0.846. The van der Waals surface area contributed by atoms with Crippen molar-refractivity contribution in [3.63, 3.8) is 0 Å². The molecular weight excluding hydrogens is 218 g/mol. The normalized spacial score (nSPS) is 12.5. The van der Waals surface area contributed by atoms with Crippen LogP contribution in [0.4, 0.5) is 0 Å². The number of ether oxygens (including phenoxy) is 1. The number of carboxylic acids is 1. The first kappa shape index (κ1) is 16.1. The maximum Gasteiger partial charge on any atom is 0.330 e. The first-order chi connectivity index (χ1) is 8.06. The van der Waals surface area contributed by atoms with Crippen LogP contribution >= 0.6 is 0 Å². The highest BCUT2D eigenvalue weighted by molar-refractivity contribution is 5.85. The van der Waals surface area contributed by atoms with E-state index in [0.717, 1.165) is 19.4 Å². The van der Waals surface area contributed by atoms with Gasteiger partial charge in [0.15, 0.2) is 0 Å². The van der Waals surface area contributed by atoms with Crippen LogP contribution in [0.25, 0.3) is 0 Å². The van der Waals surface area contributed by atoms with Gasteiger partial charge in [-0.05, 0) is 19.8 Å². The first-order valence-electron chi connectivity index (χ1n) is 6.19. The molecule has 0 heterocycles. The molecule has 0 atom stereocenters. The van der Waals surface area contributed by atoms with E-state index in [1.165, 1.54) is 0 Å². The number of nitrogens with zero attached hydrogens (tertiary/aromatic N) is 1. The van der Waals surface area contributed by atoms with Crippen LogP contribution in [0, 0.1) is 0 Å². The van der Waals surface area contributed by atoms with Crippen LogP contribution in [0.1, 0.15) is 33.6 Å². The van der Waals surface area contributed by atoms with Crippen molar-refractivity contribution in [2.75, 3.05) is 26.8 Å². The summed E-state index contributed by atoms with van der Waals surface area (Å²) < 4.78 is 5.09. The molecule has 0 rings (SSSR count). The van der Waals surface area contributed by atoms with E-state index >= 15 is 0 Å². The van der Waals surface area contributed by atoms with Gasteiger partial charge in [-0.15, -0.1) is 0 Å². The zero-order valence-electron chi connectivity index (χ0n) is 11.4. The molecule has 4 heteroatoms. The molecule has 0 radical (unpaired) electrons. The molecule has 1 N–H and O–H groups in total. The second kappa shape index (κ2) is 9.19. The highest BCUT2D eigenvalue weighted by atomic mass is 16.5. The van der Waals surface area contributed by atoms with Gasteiger partial charge in [-0.1, -0.05) is 19.9 Å². The standard InChI is InChI=1S/C13H25NO3/c1-5-12(6-2)14(9-10-17-4)8-7-11(3)13(15)16/h7,12H,5-6,8-10H2,1-4H3,(H,15,16). The Kier molecular flexibility index (Phi) is 8.72. The first-order valence-corrected chi connectivity index (χ1v) is 6.19. The number of hydrogen-bond donors (Lipinski definition) is 1. The summed E-state index contributed by atoms with van der Waals surface area (Å²) in [7, 11) is 1.68. The van der Waals surface area contributed by atoms with Gasteiger partial charge in [0.2, 0.25) is 0 Å². The lowest BCUT2D eigenvalue weighted by atomic mass is 10.1. The molecule has 17 heavy (non-hydrogen) atoms. The zero-order chi connectivity index (χ0) is 13.3. The van der Waals surface area contributed by atoms with Gasteiger partial charge in [0.05, 0.1) is 6.61 Å². The molecular formula is C13H25NO3. The molecule has 0 saturated heterocycles. The van der Waals surface area contributed by atoms with Crippen molar-refractivity contribution < 1.29 is 14.6 Å². The van der Waals surface area contributed by atoms with Gasteiger partial charge < -0.3 is 9.84 Å². The summed E-state index contributed by atoms with van der Waals surface area (Å²) in [6.07, 6.45) is 3.91. The lowest BCUT2D eigenvalue weighted by Crippen LogP contribution is -2.37. The van der Waals surface area contributed by atoms with E-state index < -0.39 is 5.97 Å². The van der Waals surface area contributed by atoms with E-state index in [1.807, 2.05) is 0 Å². The third-order valence-corrected chi connectivity index (χ3v) is 3.01. The number of hydrogen-bond acceptors (Lipinski definition) is 3. The Morgan fingerprint density at radius 3 is 2.41 bits per heavy atom. The average molecular weight is 243 g/mol. The van der Waals surface area contributed by atoms with Crippen molar-refractivity contribution in [1.82, 2.24) is 4.90 Å². The SMILES string of the molecule is CCC(CC)N(CC=C(C)C(=O)O)CCOC. The minimum absolute atomic E-state index is 0.401. The Labute approximate surface area is 104 Å². The van der Waals surface area contributed by atoms with Crippen LogP contribution in [0.3, 0.4) is 0 Å². The number of carbonyl (C=O) groups is 1. The molecule has 0 aliphatic rings. The largest absolute Gasteiger partial charge is 0.478 e. The maximum atomic E-state index is 10.7. The third kappa shape index (κ3) is 6.44. The smallest absolute Gasteiger partial charge is 0.330 e. The van der Waals surface area contributed by atoms with Gasteiger partial charge in [0, 0.05) is 31.8 Å². The van der Waals surface area contributed by atoms with E-state index in [9.17, 15) is 4.79 Å². The monoisotopic (exact) mass is 243 g/mol. The maximum absolute atomic E-state index is 10.7. The predicted molar refractivity (Wildman–Crippen MR) is 69.2 cm³/mol. The molecule has 0 saturated carbocycles. The van der Waals surface area contributed by atoms with Crippen LogP contribution < -0.4 is 0 Å². The Morgan fingerprint density at radius 1 is 1.41 bits per heavy atom. The van der Waals surface area contributed by atoms with Crippen LogP contribution in [0.5, 0.6) is 0 Å². The number of methoxy groups -OCH3 is 1. The molecule has 0 aromatic heterocycles. The molecule has 0 spiro atoms. The summed E-state index contributed by atoms with van der Waals surface area (Å²) in [5.41, 5.74) is 0.401. The molecule has 0 aliphatic carbocycles. The summed E-state index contributed by atoms with van der Waals surface area (Å²) in [4.78, 5) is 13.0. The Bertz CT molecular complexity index is 247. The molecule has 0 fully saturated rings. The van der Waals surface area contributed by atoms with Crippen LogP contribution in [-0.4, -0.2) is 48.8 Å². The van der Waals surface area contributed by atoms with Gasteiger partial charge in [0.1, 0.15) is 0 Å². The fourth-order valence-electron chi connectivity index (χ4n) is 1.78. The van der Waals surface area contributed by atoms with Crippen molar-refractivity contribution in [1.29, 1.82) is 0 Å². The van der Waals surface area contributed by atoms with Crippen molar-refractivity contribution in [3.05, 3.63) is 11.6 Å². The molecule has 4 nitrogen and oxygen atoms in total. The molecule has 0 aliphatic heterocycles. The third-order valence-electron chi connectivity index (χ3n) is 3.01. The second-order valence-corrected chi connectivity index (χ2v) is 4.15. The molecule has 0 unspecified atom stereocenters. The Morgan fingerprint density at radius 2 is 2.00 bits per heavy atom. The van der Waals surface area contributed by atoms with Crippen molar-refractivity contribution in [3.8, 4) is 0 Å². The molecule has 0 amide bonds. The molecule has 0 aromatic carbocycles. The van der Waals surface area contributed by atoms with Gasteiger partial charge >= 0.3 is 5.97 Å². The number of rotatable bonds is 9.